The van der Waals surface area contributed by atoms with Gasteiger partial charge in [-0.25, -0.2) is 13.4 Å². The smallest absolute Gasteiger partial charge is 0.254 e. The number of thiazole rings is 1. The summed E-state index contributed by atoms with van der Waals surface area (Å²) < 4.78 is 25.6. The summed E-state index contributed by atoms with van der Waals surface area (Å²) in [5, 5.41) is 2.93. The lowest BCUT2D eigenvalue weighted by atomic mass is 10.1. The third-order valence-electron chi connectivity index (χ3n) is 4.74. The predicted octanol–water partition coefficient (Wildman–Crippen LogP) is 1.65. The first-order chi connectivity index (χ1) is 12.5. The van der Waals surface area contributed by atoms with Crippen molar-refractivity contribution in [3.8, 4) is 0 Å². The molecule has 1 aromatic carbocycles. The number of carbonyl (C=O) groups is 1. The highest BCUT2D eigenvalue weighted by molar-refractivity contribution is 7.93. The van der Waals surface area contributed by atoms with Crippen LogP contribution in [0.1, 0.15) is 16.8 Å². The summed E-state index contributed by atoms with van der Waals surface area (Å²) in [5.74, 6) is 0.117. The van der Waals surface area contributed by atoms with Gasteiger partial charge in [0.2, 0.25) is 10.0 Å². The van der Waals surface area contributed by atoms with Crippen LogP contribution in [0.2, 0.25) is 0 Å². The van der Waals surface area contributed by atoms with E-state index < -0.39 is 10.0 Å². The molecule has 2 aliphatic heterocycles. The zero-order chi connectivity index (χ0) is 18.1. The molecule has 1 amide bonds. The minimum Gasteiger partial charge on any atom is -0.345 e. The third-order valence-corrected chi connectivity index (χ3v) is 7.44. The Morgan fingerprint density at radius 1 is 1.12 bits per heavy atom. The Morgan fingerprint density at radius 3 is 2.58 bits per heavy atom. The van der Waals surface area contributed by atoms with Crippen LogP contribution in [-0.2, 0) is 10.0 Å². The van der Waals surface area contributed by atoms with E-state index in [0.717, 1.165) is 18.2 Å². The van der Waals surface area contributed by atoms with Crippen LogP contribution >= 0.6 is 11.3 Å². The molecule has 2 fully saturated rings. The fourth-order valence-electron chi connectivity index (χ4n) is 3.38. The van der Waals surface area contributed by atoms with Crippen LogP contribution in [0.3, 0.4) is 0 Å². The van der Waals surface area contributed by atoms with Gasteiger partial charge in [-0.2, -0.15) is 0 Å². The van der Waals surface area contributed by atoms with Crippen molar-refractivity contribution in [2.24, 2.45) is 0 Å². The van der Waals surface area contributed by atoms with Gasteiger partial charge in [0.25, 0.3) is 5.91 Å². The Morgan fingerprint density at radius 2 is 1.92 bits per heavy atom. The molecule has 3 heterocycles. The van der Waals surface area contributed by atoms with Crippen molar-refractivity contribution in [2.45, 2.75) is 6.42 Å². The van der Waals surface area contributed by atoms with E-state index >= 15 is 0 Å². The zero-order valence-corrected chi connectivity index (χ0v) is 15.9. The Bertz CT molecular complexity index is 890. The molecule has 138 valence electrons. The molecule has 0 saturated carbocycles. The molecule has 0 spiro atoms. The molecule has 0 atom stereocenters. The summed E-state index contributed by atoms with van der Waals surface area (Å²) >= 11 is 1.60. The maximum atomic E-state index is 12.8. The molecule has 1 aromatic heterocycles. The number of hydrogen-bond acceptors (Lipinski definition) is 6. The summed E-state index contributed by atoms with van der Waals surface area (Å²) in [4.78, 5) is 21.2. The monoisotopic (exact) mass is 392 g/mol. The number of rotatable bonds is 3. The van der Waals surface area contributed by atoms with Gasteiger partial charge in [-0.3, -0.25) is 9.10 Å². The van der Waals surface area contributed by atoms with E-state index in [0.29, 0.717) is 37.3 Å². The SMILES string of the molecule is O=C(c1cccc(N2CCCS2(=O)=O)c1)N1CCN(c2nccs2)CC1. The summed E-state index contributed by atoms with van der Waals surface area (Å²) in [6.45, 7) is 3.24. The van der Waals surface area contributed by atoms with E-state index in [2.05, 4.69) is 9.88 Å². The first-order valence-electron chi connectivity index (χ1n) is 8.59. The Labute approximate surface area is 156 Å². The quantitative estimate of drug-likeness (QED) is 0.794. The van der Waals surface area contributed by atoms with E-state index in [4.69, 9.17) is 0 Å². The predicted molar refractivity (Wildman–Crippen MR) is 102 cm³/mol. The number of carbonyl (C=O) groups excluding carboxylic acids is 1. The van der Waals surface area contributed by atoms with Crippen molar-refractivity contribution in [3.05, 3.63) is 41.4 Å². The van der Waals surface area contributed by atoms with Gasteiger partial charge in [0.1, 0.15) is 0 Å². The van der Waals surface area contributed by atoms with Gasteiger partial charge in [0.05, 0.1) is 11.4 Å². The average Bonchev–Trinajstić information content (AvgIpc) is 3.31. The van der Waals surface area contributed by atoms with Gasteiger partial charge in [-0.05, 0) is 24.6 Å². The van der Waals surface area contributed by atoms with Crippen LogP contribution in [0.4, 0.5) is 10.8 Å². The van der Waals surface area contributed by atoms with Gasteiger partial charge < -0.3 is 9.80 Å². The topological polar surface area (TPSA) is 73.8 Å². The average molecular weight is 393 g/mol. The molecule has 0 aliphatic carbocycles. The number of aromatic nitrogens is 1. The number of nitrogens with zero attached hydrogens (tertiary/aromatic N) is 4. The van der Waals surface area contributed by atoms with Crippen LogP contribution in [-0.4, -0.2) is 62.7 Å². The van der Waals surface area contributed by atoms with Crippen LogP contribution in [0.25, 0.3) is 0 Å². The minimum absolute atomic E-state index is 0.0535. The van der Waals surface area contributed by atoms with E-state index in [-0.39, 0.29) is 11.7 Å². The number of amides is 1. The van der Waals surface area contributed by atoms with Crippen molar-refractivity contribution in [1.29, 1.82) is 0 Å². The number of anilines is 2. The van der Waals surface area contributed by atoms with E-state index in [1.807, 2.05) is 10.3 Å². The zero-order valence-electron chi connectivity index (χ0n) is 14.2. The maximum absolute atomic E-state index is 12.8. The molecule has 2 saturated heterocycles. The number of sulfonamides is 1. The van der Waals surface area contributed by atoms with Crippen molar-refractivity contribution < 1.29 is 13.2 Å². The molecule has 0 N–H and O–H groups in total. The standard InChI is InChI=1S/C17H20N4O3S2/c22-16(19-7-9-20(10-8-19)17-18-5-11-25-17)14-3-1-4-15(13-14)21-6-2-12-26(21,23)24/h1,3-5,11,13H,2,6-10,12H2. The first-order valence-corrected chi connectivity index (χ1v) is 11.1. The minimum atomic E-state index is -3.24. The summed E-state index contributed by atoms with van der Waals surface area (Å²) in [6.07, 6.45) is 2.41. The molecule has 26 heavy (non-hydrogen) atoms. The first kappa shape index (κ1) is 17.3. The molecule has 9 heteroatoms. The Kier molecular flexibility index (Phi) is 4.58. The molecule has 0 bridgehead atoms. The lowest BCUT2D eigenvalue weighted by Gasteiger charge is -2.34. The van der Waals surface area contributed by atoms with Crippen LogP contribution in [0.15, 0.2) is 35.8 Å². The largest absolute Gasteiger partial charge is 0.345 e. The molecule has 2 aromatic rings. The van der Waals surface area contributed by atoms with Gasteiger partial charge in [0.15, 0.2) is 5.13 Å². The fraction of sp³-hybridized carbons (Fsp3) is 0.412. The second kappa shape index (κ2) is 6.88. The number of benzene rings is 1. The van der Waals surface area contributed by atoms with Crippen molar-refractivity contribution in [3.63, 3.8) is 0 Å². The van der Waals surface area contributed by atoms with Gasteiger partial charge >= 0.3 is 0 Å². The summed E-state index contributed by atoms with van der Waals surface area (Å²) in [5.41, 5.74) is 1.11. The summed E-state index contributed by atoms with van der Waals surface area (Å²) in [7, 11) is -3.24. The fourth-order valence-corrected chi connectivity index (χ4v) is 5.63. The van der Waals surface area contributed by atoms with Crippen molar-refractivity contribution in [1.82, 2.24) is 9.88 Å². The van der Waals surface area contributed by atoms with Crippen molar-refractivity contribution in [2.75, 3.05) is 47.7 Å². The highest BCUT2D eigenvalue weighted by atomic mass is 32.2. The second-order valence-electron chi connectivity index (χ2n) is 6.39. The Hall–Kier alpha value is -2.13. The Balaban J connectivity index is 1.46. The molecule has 2 aliphatic rings. The molecular weight excluding hydrogens is 372 g/mol. The van der Waals surface area contributed by atoms with E-state index in [1.54, 1.807) is 41.8 Å². The molecule has 4 rings (SSSR count). The lowest BCUT2D eigenvalue weighted by molar-refractivity contribution is 0.0747. The molecule has 0 unspecified atom stereocenters. The highest BCUT2D eigenvalue weighted by Crippen LogP contribution is 2.26. The lowest BCUT2D eigenvalue weighted by Crippen LogP contribution is -2.48. The molecule has 7 nitrogen and oxygen atoms in total. The van der Waals surface area contributed by atoms with Crippen LogP contribution in [0.5, 0.6) is 0 Å². The number of piperazine rings is 1. The third kappa shape index (κ3) is 3.28. The van der Waals surface area contributed by atoms with Gasteiger partial charge in [-0.15, -0.1) is 11.3 Å². The normalized spacial score (nSPS) is 19.8. The van der Waals surface area contributed by atoms with Crippen LogP contribution in [0, 0.1) is 0 Å². The number of hydrogen-bond donors (Lipinski definition) is 0. The van der Waals surface area contributed by atoms with Gasteiger partial charge in [-0.1, -0.05) is 6.07 Å². The van der Waals surface area contributed by atoms with Crippen LogP contribution < -0.4 is 9.21 Å². The highest BCUT2D eigenvalue weighted by Gasteiger charge is 2.29. The van der Waals surface area contributed by atoms with Gasteiger partial charge in [0, 0.05) is 49.9 Å². The summed E-state index contributed by atoms with van der Waals surface area (Å²) in [6, 6.07) is 6.95. The maximum Gasteiger partial charge on any atom is 0.254 e. The second-order valence-corrected chi connectivity index (χ2v) is 9.27. The van der Waals surface area contributed by atoms with Crippen molar-refractivity contribution >= 4 is 38.1 Å². The molecular formula is C17H20N4O3S2. The van der Waals surface area contributed by atoms with E-state index in [9.17, 15) is 13.2 Å². The molecule has 0 radical (unpaired) electrons. The van der Waals surface area contributed by atoms with E-state index in [1.165, 1.54) is 4.31 Å².